The molecule has 1 spiro atoms. The quantitative estimate of drug-likeness (QED) is 0.549. The molecular formula is C15H27NO3. The van der Waals surface area contributed by atoms with Crippen LogP contribution in [0.5, 0.6) is 0 Å². The number of aliphatic hydroxyl groups excluding tert-OH is 1. The Kier molecular flexibility index (Phi) is 4.85. The summed E-state index contributed by atoms with van der Waals surface area (Å²) in [7, 11) is 0. The molecule has 1 aliphatic carbocycles. The Labute approximate surface area is 115 Å². The Balaban J connectivity index is 1.71. The highest BCUT2D eigenvalue weighted by Gasteiger charge is 2.57. The van der Waals surface area contributed by atoms with Crippen molar-refractivity contribution in [2.75, 3.05) is 13.2 Å². The number of esters is 1. The van der Waals surface area contributed by atoms with Gasteiger partial charge >= 0.3 is 5.97 Å². The third-order valence-corrected chi connectivity index (χ3v) is 4.72. The summed E-state index contributed by atoms with van der Waals surface area (Å²) in [6.45, 7) is 5.31. The number of rotatable bonds is 7. The fourth-order valence-electron chi connectivity index (χ4n) is 3.27. The molecule has 1 saturated heterocycles. The molecule has 110 valence electrons. The zero-order valence-corrected chi connectivity index (χ0v) is 12.2. The molecular weight excluding hydrogens is 242 g/mol. The normalized spacial score (nSPS) is 34.5. The van der Waals surface area contributed by atoms with E-state index in [1.165, 1.54) is 12.8 Å². The Morgan fingerprint density at radius 2 is 2.21 bits per heavy atom. The largest absolute Gasteiger partial charge is 0.446 e. The number of hydrogen-bond acceptors (Lipinski definition) is 4. The van der Waals surface area contributed by atoms with E-state index in [2.05, 4.69) is 12.2 Å². The molecule has 2 atom stereocenters. The maximum absolute atomic E-state index is 12.0. The third kappa shape index (κ3) is 3.11. The summed E-state index contributed by atoms with van der Waals surface area (Å²) in [6, 6.07) is 0. The van der Waals surface area contributed by atoms with Gasteiger partial charge in [-0.2, -0.15) is 0 Å². The molecule has 4 nitrogen and oxygen atoms in total. The summed E-state index contributed by atoms with van der Waals surface area (Å²) < 4.78 is 5.60. The van der Waals surface area contributed by atoms with Crippen molar-refractivity contribution in [2.24, 2.45) is 17.3 Å². The maximum Gasteiger partial charge on any atom is 0.310 e. The Hall–Kier alpha value is -0.610. The highest BCUT2D eigenvalue weighted by Crippen LogP contribution is 2.52. The lowest BCUT2D eigenvalue weighted by atomic mass is 9.57. The number of ether oxygens (including phenoxy) is 1. The van der Waals surface area contributed by atoms with Crippen molar-refractivity contribution in [3.8, 4) is 0 Å². The average molecular weight is 269 g/mol. The number of carbonyl (C=O) groups excluding carboxylic acids is 1. The van der Waals surface area contributed by atoms with E-state index < -0.39 is 0 Å². The summed E-state index contributed by atoms with van der Waals surface area (Å²) in [6.07, 6.45) is 6.24. The minimum absolute atomic E-state index is 0.000264. The highest BCUT2D eigenvalue weighted by atomic mass is 16.6. The van der Waals surface area contributed by atoms with Gasteiger partial charge in [0.15, 0.2) is 6.23 Å². The minimum atomic E-state index is -0.114. The first-order valence-corrected chi connectivity index (χ1v) is 7.66. The second-order valence-corrected chi connectivity index (χ2v) is 6.41. The van der Waals surface area contributed by atoms with Crippen molar-refractivity contribution in [1.29, 1.82) is 0 Å². The van der Waals surface area contributed by atoms with Crippen molar-refractivity contribution in [2.45, 2.75) is 58.6 Å². The number of nitrogens with one attached hydrogen (secondary N) is 1. The van der Waals surface area contributed by atoms with Crippen LogP contribution in [0.25, 0.3) is 0 Å². The van der Waals surface area contributed by atoms with Gasteiger partial charge in [0.2, 0.25) is 0 Å². The van der Waals surface area contributed by atoms with Crippen LogP contribution in [-0.4, -0.2) is 30.5 Å². The van der Waals surface area contributed by atoms with Crippen LogP contribution in [0.15, 0.2) is 0 Å². The smallest absolute Gasteiger partial charge is 0.310 e. The second kappa shape index (κ2) is 6.23. The number of carbonyl (C=O) groups is 1. The standard InChI is InChI=1S/C15H27NO3/c1-3-4-5-6-11(2)13(18)19-14-15(10-16-14)7-12(8-15)9-17/h11-12,14,16-17H,3-10H2,1-2H3. The monoisotopic (exact) mass is 269 g/mol. The third-order valence-electron chi connectivity index (χ3n) is 4.72. The summed E-state index contributed by atoms with van der Waals surface area (Å²) >= 11 is 0. The molecule has 0 aromatic rings. The van der Waals surface area contributed by atoms with Gasteiger partial charge in [0.05, 0.1) is 5.92 Å². The fourth-order valence-corrected chi connectivity index (χ4v) is 3.27. The summed E-state index contributed by atoms with van der Waals surface area (Å²) in [4.78, 5) is 12.0. The molecule has 0 radical (unpaired) electrons. The molecule has 2 aliphatic rings. The van der Waals surface area contributed by atoms with Crippen LogP contribution in [0.2, 0.25) is 0 Å². The lowest BCUT2D eigenvalue weighted by Gasteiger charge is -2.58. The van der Waals surface area contributed by atoms with Gasteiger partial charge in [0.1, 0.15) is 0 Å². The van der Waals surface area contributed by atoms with Gasteiger partial charge in [-0.3, -0.25) is 10.1 Å². The first kappa shape index (κ1) is 14.8. The molecule has 2 fully saturated rings. The SMILES string of the molecule is CCCCCC(C)C(=O)OC1NCC12CC(CO)C2. The van der Waals surface area contributed by atoms with E-state index in [0.717, 1.165) is 32.2 Å². The van der Waals surface area contributed by atoms with E-state index >= 15 is 0 Å². The lowest BCUT2D eigenvalue weighted by molar-refractivity contribution is -0.200. The molecule has 2 unspecified atom stereocenters. The van der Waals surface area contributed by atoms with Crippen LogP contribution in [0.1, 0.15) is 52.4 Å². The molecule has 0 bridgehead atoms. The summed E-state index contributed by atoms with van der Waals surface area (Å²) in [5.74, 6) is 0.338. The Morgan fingerprint density at radius 3 is 2.74 bits per heavy atom. The minimum Gasteiger partial charge on any atom is -0.446 e. The average Bonchev–Trinajstić information content (AvgIpc) is 2.33. The zero-order valence-electron chi connectivity index (χ0n) is 12.2. The van der Waals surface area contributed by atoms with Crippen LogP contribution in [0, 0.1) is 17.3 Å². The molecule has 1 heterocycles. The Bertz CT molecular complexity index is 313. The molecule has 4 heteroatoms. The number of hydrogen-bond donors (Lipinski definition) is 2. The van der Waals surface area contributed by atoms with Crippen LogP contribution >= 0.6 is 0 Å². The van der Waals surface area contributed by atoms with Crippen molar-refractivity contribution >= 4 is 5.97 Å². The van der Waals surface area contributed by atoms with Gasteiger partial charge in [-0.05, 0) is 25.2 Å². The van der Waals surface area contributed by atoms with E-state index in [1.54, 1.807) is 0 Å². The van der Waals surface area contributed by atoms with Crippen LogP contribution in [0.3, 0.4) is 0 Å². The van der Waals surface area contributed by atoms with E-state index in [9.17, 15) is 4.79 Å². The predicted octanol–water partition coefficient (Wildman–Crippen LogP) is 2.06. The van der Waals surface area contributed by atoms with Crippen LogP contribution in [-0.2, 0) is 9.53 Å². The van der Waals surface area contributed by atoms with Gasteiger partial charge in [0, 0.05) is 18.6 Å². The number of unbranched alkanes of at least 4 members (excludes halogenated alkanes) is 2. The highest BCUT2D eigenvalue weighted by molar-refractivity contribution is 5.72. The van der Waals surface area contributed by atoms with Crippen molar-refractivity contribution < 1.29 is 14.6 Å². The first-order valence-electron chi connectivity index (χ1n) is 7.66. The summed E-state index contributed by atoms with van der Waals surface area (Å²) in [5, 5.41) is 12.3. The van der Waals surface area contributed by atoms with Gasteiger partial charge in [-0.1, -0.05) is 33.1 Å². The zero-order chi connectivity index (χ0) is 13.9. The van der Waals surface area contributed by atoms with E-state index in [0.29, 0.717) is 5.92 Å². The van der Waals surface area contributed by atoms with Gasteiger partial charge < -0.3 is 9.84 Å². The van der Waals surface area contributed by atoms with Gasteiger partial charge in [0.25, 0.3) is 0 Å². The lowest BCUT2D eigenvalue weighted by Crippen LogP contribution is -2.69. The topological polar surface area (TPSA) is 58.6 Å². The van der Waals surface area contributed by atoms with Crippen molar-refractivity contribution in [3.63, 3.8) is 0 Å². The molecule has 0 amide bonds. The van der Waals surface area contributed by atoms with E-state index in [4.69, 9.17) is 9.84 Å². The van der Waals surface area contributed by atoms with Crippen molar-refractivity contribution in [3.05, 3.63) is 0 Å². The molecule has 1 aliphatic heterocycles. The molecule has 2 N–H and O–H groups in total. The second-order valence-electron chi connectivity index (χ2n) is 6.41. The van der Waals surface area contributed by atoms with E-state index in [-0.39, 0.29) is 30.1 Å². The molecule has 19 heavy (non-hydrogen) atoms. The molecule has 0 aromatic heterocycles. The van der Waals surface area contributed by atoms with Gasteiger partial charge in [-0.25, -0.2) is 0 Å². The Morgan fingerprint density at radius 1 is 1.47 bits per heavy atom. The van der Waals surface area contributed by atoms with Crippen molar-refractivity contribution in [1.82, 2.24) is 5.32 Å². The first-order chi connectivity index (χ1) is 9.11. The fraction of sp³-hybridized carbons (Fsp3) is 0.933. The molecule has 0 aromatic carbocycles. The van der Waals surface area contributed by atoms with Gasteiger partial charge in [-0.15, -0.1) is 0 Å². The molecule has 2 rings (SSSR count). The van der Waals surface area contributed by atoms with E-state index in [1.807, 2.05) is 6.92 Å². The summed E-state index contributed by atoms with van der Waals surface area (Å²) in [5.41, 5.74) is 0.131. The van der Waals surface area contributed by atoms with Crippen LogP contribution < -0.4 is 5.32 Å². The van der Waals surface area contributed by atoms with Crippen LogP contribution in [0.4, 0.5) is 0 Å². The molecule has 1 saturated carbocycles. The predicted molar refractivity (Wildman–Crippen MR) is 73.4 cm³/mol. The number of aliphatic hydroxyl groups is 1. The maximum atomic E-state index is 12.0.